The van der Waals surface area contributed by atoms with Crippen LogP contribution in [0.5, 0.6) is 0 Å². The molecule has 6 nitrogen and oxygen atoms in total. The van der Waals surface area contributed by atoms with E-state index in [9.17, 15) is 14.5 Å². The van der Waals surface area contributed by atoms with Crippen LogP contribution in [0.3, 0.4) is 0 Å². The van der Waals surface area contributed by atoms with Crippen molar-refractivity contribution in [2.24, 2.45) is 0 Å². The molecule has 1 N–H and O–H groups in total. The van der Waals surface area contributed by atoms with E-state index in [1.807, 2.05) is 0 Å². The fraction of sp³-hybridized carbons (Fsp3) is 0. The van der Waals surface area contributed by atoms with Gasteiger partial charge in [0.15, 0.2) is 0 Å². The third-order valence-corrected chi connectivity index (χ3v) is 1.93. The normalized spacial score (nSPS) is 9.94. The van der Waals surface area contributed by atoms with Gasteiger partial charge < -0.3 is 5.32 Å². The number of hydrogen-bond acceptors (Lipinski definition) is 5. The summed E-state index contributed by atoms with van der Waals surface area (Å²) in [6.07, 6.45) is 2.16. The lowest BCUT2D eigenvalue weighted by atomic mass is 10.3. The number of nitrogens with one attached hydrogen (secondary N) is 1. The summed E-state index contributed by atoms with van der Waals surface area (Å²) in [5.74, 6) is -0.224. The molecule has 7 heteroatoms. The molecule has 0 spiro atoms. The van der Waals surface area contributed by atoms with E-state index < -0.39 is 10.7 Å². The molecule has 0 aliphatic carbocycles. The van der Waals surface area contributed by atoms with Crippen LogP contribution in [0.25, 0.3) is 0 Å². The van der Waals surface area contributed by atoms with E-state index in [0.717, 1.165) is 12.4 Å². The van der Waals surface area contributed by atoms with Crippen molar-refractivity contribution in [1.82, 2.24) is 9.97 Å². The Morgan fingerprint density at radius 2 is 2.00 bits per heavy atom. The highest BCUT2D eigenvalue weighted by atomic mass is 19.1. The van der Waals surface area contributed by atoms with Crippen LogP contribution in [0.1, 0.15) is 0 Å². The predicted octanol–water partition coefficient (Wildman–Crippen LogP) is 2.27. The van der Waals surface area contributed by atoms with Gasteiger partial charge in [0.1, 0.15) is 18.2 Å². The molecule has 0 unspecified atom stereocenters. The second-order valence-corrected chi connectivity index (χ2v) is 3.16. The monoisotopic (exact) mass is 234 g/mol. The number of hydrogen-bond donors (Lipinski definition) is 1. The average Bonchev–Trinajstić information content (AvgIpc) is 2.29. The van der Waals surface area contributed by atoms with Gasteiger partial charge in [0, 0.05) is 5.69 Å². The van der Waals surface area contributed by atoms with Crippen molar-refractivity contribution in [1.29, 1.82) is 0 Å². The fourth-order valence-electron chi connectivity index (χ4n) is 1.18. The Kier molecular flexibility index (Phi) is 2.91. The van der Waals surface area contributed by atoms with E-state index >= 15 is 0 Å². The number of anilines is 2. The second-order valence-electron chi connectivity index (χ2n) is 3.16. The van der Waals surface area contributed by atoms with Gasteiger partial charge in [-0.1, -0.05) is 6.07 Å². The summed E-state index contributed by atoms with van der Waals surface area (Å²) in [5.41, 5.74) is 0.272. The maximum Gasteiger partial charge on any atom is 0.305 e. The summed E-state index contributed by atoms with van der Waals surface area (Å²) in [7, 11) is 0. The van der Waals surface area contributed by atoms with Crippen molar-refractivity contribution < 1.29 is 9.31 Å². The summed E-state index contributed by atoms with van der Waals surface area (Å²) in [6.45, 7) is 0. The van der Waals surface area contributed by atoms with Crippen LogP contribution in [-0.4, -0.2) is 14.9 Å². The molecule has 1 aromatic carbocycles. The number of aromatic nitrogens is 2. The first-order valence-electron chi connectivity index (χ1n) is 4.64. The third kappa shape index (κ3) is 2.71. The van der Waals surface area contributed by atoms with Gasteiger partial charge in [0.2, 0.25) is 5.95 Å². The molecule has 1 aromatic heterocycles. The molecule has 2 rings (SSSR count). The lowest BCUT2D eigenvalue weighted by Crippen LogP contribution is -1.98. The number of nitro groups is 1. The topological polar surface area (TPSA) is 81.0 Å². The van der Waals surface area contributed by atoms with Crippen molar-refractivity contribution in [2.75, 3.05) is 5.32 Å². The molecule has 0 saturated heterocycles. The molecule has 2 aromatic rings. The highest BCUT2D eigenvalue weighted by Gasteiger charge is 2.06. The minimum Gasteiger partial charge on any atom is -0.324 e. The molecular formula is C10H7FN4O2. The number of nitrogens with zero attached hydrogens (tertiary/aromatic N) is 3. The third-order valence-electron chi connectivity index (χ3n) is 1.93. The van der Waals surface area contributed by atoms with Crippen LogP contribution in [0.4, 0.5) is 21.7 Å². The summed E-state index contributed by atoms with van der Waals surface area (Å²) in [5, 5.41) is 13.1. The fourth-order valence-corrected chi connectivity index (χ4v) is 1.18. The number of halogens is 1. The highest BCUT2D eigenvalue weighted by Crippen LogP contribution is 2.15. The molecule has 0 saturated carbocycles. The Hall–Kier alpha value is -2.57. The van der Waals surface area contributed by atoms with Gasteiger partial charge in [-0.3, -0.25) is 10.1 Å². The molecule has 1 heterocycles. The van der Waals surface area contributed by atoms with Crippen LogP contribution >= 0.6 is 0 Å². The maximum atomic E-state index is 12.9. The Labute approximate surface area is 95.3 Å². The van der Waals surface area contributed by atoms with Gasteiger partial charge in [-0.25, -0.2) is 14.4 Å². The molecule has 0 bridgehead atoms. The smallest absolute Gasteiger partial charge is 0.305 e. The zero-order chi connectivity index (χ0) is 12.3. The van der Waals surface area contributed by atoms with Gasteiger partial charge in [0.25, 0.3) is 0 Å². The standard InChI is InChI=1S/C10H7FN4O2/c11-7-2-1-3-8(4-7)14-10-12-5-9(6-13-10)15(16)17/h1-6H,(H,12,13,14). The molecule has 0 amide bonds. The molecular weight excluding hydrogens is 227 g/mol. The molecule has 0 fully saturated rings. The Bertz CT molecular complexity index is 544. The number of benzene rings is 1. The SMILES string of the molecule is O=[N+]([O-])c1cnc(Nc2cccc(F)c2)nc1. The Balaban J connectivity index is 2.16. The van der Waals surface area contributed by atoms with Crippen molar-refractivity contribution in [2.45, 2.75) is 0 Å². The zero-order valence-corrected chi connectivity index (χ0v) is 8.50. The van der Waals surface area contributed by atoms with E-state index in [-0.39, 0.29) is 11.6 Å². The van der Waals surface area contributed by atoms with Crippen LogP contribution in [0.2, 0.25) is 0 Å². The summed E-state index contributed by atoms with van der Waals surface area (Å²) < 4.78 is 12.9. The number of rotatable bonds is 3. The van der Waals surface area contributed by atoms with Crippen LogP contribution in [0, 0.1) is 15.9 Å². The summed E-state index contributed by atoms with van der Waals surface area (Å²) >= 11 is 0. The predicted molar refractivity (Wildman–Crippen MR) is 58.4 cm³/mol. The first kappa shape index (κ1) is 10.9. The molecule has 86 valence electrons. The van der Waals surface area contributed by atoms with Gasteiger partial charge in [0.05, 0.1) is 4.92 Å². The van der Waals surface area contributed by atoms with E-state index in [1.165, 1.54) is 18.2 Å². The van der Waals surface area contributed by atoms with Gasteiger partial charge in [-0.2, -0.15) is 0 Å². The highest BCUT2D eigenvalue weighted by molar-refractivity contribution is 5.53. The van der Waals surface area contributed by atoms with E-state index in [1.54, 1.807) is 6.07 Å². The zero-order valence-electron chi connectivity index (χ0n) is 8.50. The van der Waals surface area contributed by atoms with Gasteiger partial charge in [-0.15, -0.1) is 0 Å². The maximum absolute atomic E-state index is 12.9. The first-order chi connectivity index (χ1) is 8.15. The molecule has 0 aliphatic heterocycles. The first-order valence-corrected chi connectivity index (χ1v) is 4.64. The van der Waals surface area contributed by atoms with E-state index in [2.05, 4.69) is 15.3 Å². The Morgan fingerprint density at radius 3 is 2.59 bits per heavy atom. The molecule has 0 radical (unpaired) electrons. The lowest BCUT2D eigenvalue weighted by molar-refractivity contribution is -0.385. The molecule has 17 heavy (non-hydrogen) atoms. The van der Waals surface area contributed by atoms with Crippen molar-refractivity contribution in [3.8, 4) is 0 Å². The van der Waals surface area contributed by atoms with Crippen LogP contribution < -0.4 is 5.32 Å². The summed E-state index contributed by atoms with van der Waals surface area (Å²) in [6, 6.07) is 5.74. The summed E-state index contributed by atoms with van der Waals surface area (Å²) in [4.78, 5) is 17.3. The lowest BCUT2D eigenvalue weighted by Gasteiger charge is -2.03. The minimum atomic E-state index is -0.591. The van der Waals surface area contributed by atoms with Crippen molar-refractivity contribution >= 4 is 17.3 Å². The minimum absolute atomic E-state index is 0.168. The van der Waals surface area contributed by atoms with Crippen LogP contribution in [-0.2, 0) is 0 Å². The Morgan fingerprint density at radius 1 is 1.29 bits per heavy atom. The van der Waals surface area contributed by atoms with Gasteiger partial charge >= 0.3 is 5.69 Å². The van der Waals surface area contributed by atoms with Crippen LogP contribution in [0.15, 0.2) is 36.7 Å². The van der Waals surface area contributed by atoms with E-state index in [0.29, 0.717) is 5.69 Å². The second kappa shape index (κ2) is 4.52. The van der Waals surface area contributed by atoms with Crippen molar-refractivity contribution in [3.05, 3.63) is 52.6 Å². The largest absolute Gasteiger partial charge is 0.324 e. The molecule has 0 atom stereocenters. The van der Waals surface area contributed by atoms with E-state index in [4.69, 9.17) is 0 Å². The quantitative estimate of drug-likeness (QED) is 0.650. The van der Waals surface area contributed by atoms with Gasteiger partial charge in [-0.05, 0) is 18.2 Å². The molecule has 0 aliphatic rings. The van der Waals surface area contributed by atoms with Crippen molar-refractivity contribution in [3.63, 3.8) is 0 Å². The average molecular weight is 234 g/mol.